The molecule has 4 rings (SSSR count). The summed E-state index contributed by atoms with van der Waals surface area (Å²) in [6.07, 6.45) is 0.428. The number of ether oxygens (including phenoxy) is 1. The first-order chi connectivity index (χ1) is 17.5. The maximum atomic E-state index is 13.4. The number of hydrogen-bond donors (Lipinski definition) is 1. The van der Waals surface area contributed by atoms with Gasteiger partial charge in [0, 0.05) is 6.54 Å². The maximum Gasteiger partial charge on any atom is 0.295 e. The fourth-order valence-corrected chi connectivity index (χ4v) is 4.68. The summed E-state index contributed by atoms with van der Waals surface area (Å²) < 4.78 is 18.8. The lowest BCUT2D eigenvalue weighted by molar-refractivity contribution is -0.139. The average molecular weight is 502 g/mol. The van der Waals surface area contributed by atoms with Gasteiger partial charge in [0.25, 0.3) is 11.7 Å². The Labute approximate surface area is 217 Å². The minimum absolute atomic E-state index is 0.0246. The van der Waals surface area contributed by atoms with Crippen LogP contribution in [0.15, 0.2) is 72.3 Å². The van der Waals surface area contributed by atoms with Crippen LogP contribution in [0.5, 0.6) is 5.75 Å². The van der Waals surface area contributed by atoms with Gasteiger partial charge in [-0.1, -0.05) is 68.8 Å². The fraction of sp³-hybridized carbons (Fsp3) is 0.290. The van der Waals surface area contributed by atoms with Gasteiger partial charge in [0.1, 0.15) is 17.3 Å². The van der Waals surface area contributed by atoms with E-state index in [9.17, 15) is 19.1 Å². The Kier molecular flexibility index (Phi) is 7.21. The monoisotopic (exact) mass is 501 g/mol. The smallest absolute Gasteiger partial charge is 0.295 e. The number of hydrogen-bond acceptors (Lipinski definition) is 4. The van der Waals surface area contributed by atoms with Gasteiger partial charge in [0.15, 0.2) is 0 Å². The van der Waals surface area contributed by atoms with Crippen LogP contribution < -0.4 is 4.74 Å². The van der Waals surface area contributed by atoms with E-state index in [0.717, 1.165) is 22.3 Å². The van der Waals surface area contributed by atoms with E-state index in [1.807, 2.05) is 37.3 Å². The molecule has 1 amide bonds. The summed E-state index contributed by atoms with van der Waals surface area (Å²) in [4.78, 5) is 28.2. The first kappa shape index (κ1) is 26.1. The van der Waals surface area contributed by atoms with Crippen LogP contribution in [0.2, 0.25) is 0 Å². The highest BCUT2D eigenvalue weighted by Crippen LogP contribution is 2.41. The standard InChI is InChI=1S/C31H32FNO4/c1-19-6-15-25(37-5)24(18-19)28(34)26-27(21-9-11-22(12-10-21)31(2,3)4)33(30(36)29(26)35)17-16-20-7-13-23(32)14-8-20/h6-15,18,27,34H,16-17H2,1-5H3/b28-26+. The molecule has 1 fully saturated rings. The predicted molar refractivity (Wildman–Crippen MR) is 142 cm³/mol. The van der Waals surface area contributed by atoms with Gasteiger partial charge < -0.3 is 14.7 Å². The molecule has 0 aliphatic carbocycles. The Morgan fingerprint density at radius 1 is 1.00 bits per heavy atom. The van der Waals surface area contributed by atoms with Crippen molar-refractivity contribution in [3.05, 3.63) is 106 Å². The molecule has 1 saturated heterocycles. The van der Waals surface area contributed by atoms with Crippen LogP contribution in [0.25, 0.3) is 5.76 Å². The van der Waals surface area contributed by atoms with E-state index in [-0.39, 0.29) is 29.1 Å². The van der Waals surface area contributed by atoms with E-state index in [1.54, 1.807) is 24.3 Å². The van der Waals surface area contributed by atoms with Gasteiger partial charge in [-0.25, -0.2) is 4.39 Å². The Morgan fingerprint density at radius 2 is 1.65 bits per heavy atom. The zero-order chi connectivity index (χ0) is 26.9. The molecule has 1 heterocycles. The second-order valence-electron chi connectivity index (χ2n) is 10.4. The fourth-order valence-electron chi connectivity index (χ4n) is 4.68. The normalized spacial score (nSPS) is 17.4. The number of aliphatic hydroxyl groups is 1. The number of halogens is 1. The van der Waals surface area contributed by atoms with Crippen LogP contribution in [0.3, 0.4) is 0 Å². The molecular formula is C31H32FNO4. The molecule has 192 valence electrons. The quantitative estimate of drug-likeness (QED) is 0.252. The molecule has 0 bridgehead atoms. The van der Waals surface area contributed by atoms with E-state index in [2.05, 4.69) is 20.8 Å². The first-order valence-corrected chi connectivity index (χ1v) is 12.3. The number of Topliss-reactive ketones (excluding diaryl/α,β-unsaturated/α-hetero) is 1. The highest BCUT2D eigenvalue weighted by atomic mass is 19.1. The van der Waals surface area contributed by atoms with Crippen LogP contribution in [-0.4, -0.2) is 35.4 Å². The van der Waals surface area contributed by atoms with E-state index in [1.165, 1.54) is 24.1 Å². The zero-order valence-electron chi connectivity index (χ0n) is 21.8. The summed E-state index contributed by atoms with van der Waals surface area (Å²) in [5, 5.41) is 11.5. The van der Waals surface area contributed by atoms with Crippen molar-refractivity contribution < 1.29 is 23.8 Å². The molecule has 0 spiro atoms. The molecule has 1 N–H and O–H groups in total. The third-order valence-corrected chi connectivity index (χ3v) is 6.80. The van der Waals surface area contributed by atoms with Crippen LogP contribution in [0.1, 0.15) is 54.6 Å². The third-order valence-electron chi connectivity index (χ3n) is 6.80. The highest BCUT2D eigenvalue weighted by Gasteiger charge is 2.46. The summed E-state index contributed by atoms with van der Waals surface area (Å²) >= 11 is 0. The van der Waals surface area contributed by atoms with E-state index in [0.29, 0.717) is 17.7 Å². The molecule has 0 saturated carbocycles. The Morgan fingerprint density at radius 3 is 2.24 bits per heavy atom. The van der Waals surface area contributed by atoms with Gasteiger partial charge in [-0.3, -0.25) is 9.59 Å². The largest absolute Gasteiger partial charge is 0.507 e. The number of rotatable bonds is 6. The number of methoxy groups -OCH3 is 1. The molecule has 5 nitrogen and oxygen atoms in total. The second kappa shape index (κ2) is 10.2. The minimum Gasteiger partial charge on any atom is -0.507 e. The van der Waals surface area contributed by atoms with Gasteiger partial charge in [-0.05, 0) is 59.7 Å². The molecule has 0 aromatic heterocycles. The molecule has 0 radical (unpaired) electrons. The van der Waals surface area contributed by atoms with Crippen molar-refractivity contribution in [1.29, 1.82) is 0 Å². The SMILES string of the molecule is COc1ccc(C)cc1/C(O)=C1\C(=O)C(=O)N(CCc2ccc(F)cc2)C1c1ccc(C(C)(C)C)cc1. The number of carbonyl (C=O) groups excluding carboxylic acids is 2. The molecule has 1 aliphatic heterocycles. The van der Waals surface area contributed by atoms with Crippen LogP contribution in [0, 0.1) is 12.7 Å². The average Bonchev–Trinajstić information content (AvgIpc) is 3.12. The number of nitrogens with zero attached hydrogens (tertiary/aromatic N) is 1. The molecular weight excluding hydrogens is 469 g/mol. The third kappa shape index (κ3) is 5.29. The van der Waals surface area contributed by atoms with E-state index >= 15 is 0 Å². The summed E-state index contributed by atoms with van der Waals surface area (Å²) in [5.41, 5.74) is 3.85. The summed E-state index contributed by atoms with van der Waals surface area (Å²) in [7, 11) is 1.49. The molecule has 1 atom stereocenters. The molecule has 3 aromatic rings. The van der Waals surface area contributed by atoms with Crippen LogP contribution >= 0.6 is 0 Å². The second-order valence-corrected chi connectivity index (χ2v) is 10.4. The van der Waals surface area contributed by atoms with Crippen molar-refractivity contribution in [1.82, 2.24) is 4.90 Å². The van der Waals surface area contributed by atoms with Crippen molar-refractivity contribution in [2.24, 2.45) is 0 Å². The first-order valence-electron chi connectivity index (χ1n) is 12.3. The van der Waals surface area contributed by atoms with Crippen molar-refractivity contribution in [2.75, 3.05) is 13.7 Å². The number of aliphatic hydroxyl groups excluding tert-OH is 1. The number of likely N-dealkylation sites (tertiary alicyclic amines) is 1. The van der Waals surface area contributed by atoms with Crippen molar-refractivity contribution in [3.63, 3.8) is 0 Å². The lowest BCUT2D eigenvalue weighted by atomic mass is 9.85. The summed E-state index contributed by atoms with van der Waals surface area (Å²) in [6, 6.07) is 18.4. The maximum absolute atomic E-state index is 13.4. The van der Waals surface area contributed by atoms with Gasteiger partial charge in [0.2, 0.25) is 0 Å². The highest BCUT2D eigenvalue weighted by molar-refractivity contribution is 6.46. The number of carbonyl (C=O) groups is 2. The number of benzene rings is 3. The van der Waals surface area contributed by atoms with E-state index < -0.39 is 17.7 Å². The molecule has 1 unspecified atom stereocenters. The number of amides is 1. The Hall–Kier alpha value is -3.93. The molecule has 1 aliphatic rings. The summed E-state index contributed by atoms with van der Waals surface area (Å²) in [6.45, 7) is 8.44. The number of aryl methyl sites for hydroxylation is 1. The molecule has 37 heavy (non-hydrogen) atoms. The summed E-state index contributed by atoms with van der Waals surface area (Å²) in [5.74, 6) is -1.63. The topological polar surface area (TPSA) is 66.8 Å². The van der Waals surface area contributed by atoms with Gasteiger partial charge >= 0.3 is 0 Å². The van der Waals surface area contributed by atoms with Crippen molar-refractivity contribution >= 4 is 17.4 Å². The number of ketones is 1. The Balaban J connectivity index is 1.83. The van der Waals surface area contributed by atoms with Gasteiger partial charge in [-0.15, -0.1) is 0 Å². The van der Waals surface area contributed by atoms with E-state index in [4.69, 9.17) is 4.74 Å². The van der Waals surface area contributed by atoms with Crippen LogP contribution in [0.4, 0.5) is 4.39 Å². The molecule has 3 aromatic carbocycles. The van der Waals surface area contributed by atoms with Crippen molar-refractivity contribution in [2.45, 2.75) is 45.6 Å². The van der Waals surface area contributed by atoms with Crippen LogP contribution in [-0.2, 0) is 21.4 Å². The van der Waals surface area contributed by atoms with Crippen molar-refractivity contribution in [3.8, 4) is 5.75 Å². The molecule has 6 heteroatoms. The predicted octanol–water partition coefficient (Wildman–Crippen LogP) is 6.10. The van der Waals surface area contributed by atoms with Gasteiger partial charge in [0.05, 0.1) is 24.3 Å². The zero-order valence-corrected chi connectivity index (χ0v) is 21.8. The lowest BCUT2D eigenvalue weighted by Crippen LogP contribution is -2.31. The lowest BCUT2D eigenvalue weighted by Gasteiger charge is -2.27. The Bertz CT molecular complexity index is 1350. The minimum atomic E-state index is -0.778. The van der Waals surface area contributed by atoms with Gasteiger partial charge in [-0.2, -0.15) is 0 Å².